The van der Waals surface area contributed by atoms with Crippen LogP contribution < -0.4 is 4.74 Å². The number of esters is 1. The van der Waals surface area contributed by atoms with Gasteiger partial charge in [-0.3, -0.25) is 0 Å². The first-order valence-electron chi connectivity index (χ1n) is 4.77. The molecule has 0 atom stereocenters. The van der Waals surface area contributed by atoms with Crippen LogP contribution in [0.3, 0.4) is 0 Å². The summed E-state index contributed by atoms with van der Waals surface area (Å²) in [6.07, 6.45) is 3.30. The van der Waals surface area contributed by atoms with Crippen molar-refractivity contribution < 1.29 is 14.3 Å². The number of aryl methyl sites for hydroxylation is 1. The lowest BCUT2D eigenvalue weighted by Gasteiger charge is -2.05. The number of hydrogen-bond donors (Lipinski definition) is 0. The predicted octanol–water partition coefficient (Wildman–Crippen LogP) is 1.44. The first-order valence-corrected chi connectivity index (χ1v) is 4.77. The quantitative estimate of drug-likeness (QED) is 0.718. The summed E-state index contributed by atoms with van der Waals surface area (Å²) in [4.78, 5) is 11.5. The summed E-state index contributed by atoms with van der Waals surface area (Å²) >= 11 is 0. The standard InChI is InChI=1S/C11H12N2O3/c1-7-4-9(15-2)10-8(11(14)16-3)5-12-13(10)6-7/h4-6H,1-3H3. The van der Waals surface area contributed by atoms with Gasteiger partial charge in [0.25, 0.3) is 0 Å². The third-order valence-electron chi connectivity index (χ3n) is 2.34. The minimum absolute atomic E-state index is 0.402. The van der Waals surface area contributed by atoms with Gasteiger partial charge in [-0.25, -0.2) is 9.31 Å². The summed E-state index contributed by atoms with van der Waals surface area (Å²) < 4.78 is 11.5. The van der Waals surface area contributed by atoms with E-state index in [-0.39, 0.29) is 0 Å². The molecule has 0 aliphatic carbocycles. The van der Waals surface area contributed by atoms with Crippen molar-refractivity contribution in [1.29, 1.82) is 0 Å². The average Bonchev–Trinajstić information content (AvgIpc) is 2.70. The van der Waals surface area contributed by atoms with Gasteiger partial charge < -0.3 is 9.47 Å². The number of ether oxygens (including phenoxy) is 2. The molecule has 2 heterocycles. The van der Waals surface area contributed by atoms with Gasteiger partial charge in [0.05, 0.1) is 20.4 Å². The first-order chi connectivity index (χ1) is 7.67. The highest BCUT2D eigenvalue weighted by Crippen LogP contribution is 2.24. The SMILES string of the molecule is COC(=O)c1cnn2cc(C)cc(OC)c12. The molecular formula is C11H12N2O3. The fourth-order valence-electron chi connectivity index (χ4n) is 1.63. The molecule has 0 radical (unpaired) electrons. The smallest absolute Gasteiger partial charge is 0.341 e. The molecule has 0 N–H and O–H groups in total. The number of nitrogens with zero attached hydrogens (tertiary/aromatic N) is 2. The van der Waals surface area contributed by atoms with E-state index in [1.165, 1.54) is 13.3 Å². The Balaban J connectivity index is 2.74. The largest absolute Gasteiger partial charge is 0.494 e. The van der Waals surface area contributed by atoms with Crippen LogP contribution in [0.2, 0.25) is 0 Å². The maximum atomic E-state index is 11.5. The van der Waals surface area contributed by atoms with Crippen molar-refractivity contribution in [2.24, 2.45) is 0 Å². The first kappa shape index (κ1) is 10.5. The molecule has 0 saturated heterocycles. The number of methoxy groups -OCH3 is 2. The second kappa shape index (κ2) is 3.84. The van der Waals surface area contributed by atoms with Crippen molar-refractivity contribution in [1.82, 2.24) is 9.61 Å². The number of aromatic nitrogens is 2. The Hall–Kier alpha value is -2.04. The van der Waals surface area contributed by atoms with Crippen LogP contribution in [0.15, 0.2) is 18.5 Å². The highest BCUT2D eigenvalue weighted by Gasteiger charge is 2.17. The third kappa shape index (κ3) is 1.50. The topological polar surface area (TPSA) is 52.8 Å². The van der Waals surface area contributed by atoms with Gasteiger partial charge in [0, 0.05) is 6.20 Å². The van der Waals surface area contributed by atoms with Gasteiger partial charge in [-0.05, 0) is 18.6 Å². The summed E-state index contributed by atoms with van der Waals surface area (Å²) in [5.41, 5.74) is 2.03. The molecule has 2 rings (SSSR count). The number of pyridine rings is 1. The van der Waals surface area contributed by atoms with Crippen molar-refractivity contribution >= 4 is 11.5 Å². The van der Waals surface area contributed by atoms with Crippen molar-refractivity contribution in [3.05, 3.63) is 29.6 Å². The molecule has 5 nitrogen and oxygen atoms in total. The summed E-state index contributed by atoms with van der Waals surface area (Å²) in [6.45, 7) is 1.93. The molecule has 2 aromatic heterocycles. The zero-order valence-electron chi connectivity index (χ0n) is 9.35. The molecule has 0 fully saturated rings. The minimum atomic E-state index is -0.419. The fraction of sp³-hybridized carbons (Fsp3) is 0.273. The second-order valence-electron chi connectivity index (χ2n) is 3.43. The van der Waals surface area contributed by atoms with Crippen LogP contribution in [0.25, 0.3) is 5.52 Å². The Morgan fingerprint density at radius 2 is 2.19 bits per heavy atom. The molecule has 0 spiro atoms. The number of fused-ring (bicyclic) bond motifs is 1. The third-order valence-corrected chi connectivity index (χ3v) is 2.34. The fourth-order valence-corrected chi connectivity index (χ4v) is 1.63. The molecule has 0 bridgehead atoms. The van der Waals surface area contributed by atoms with Gasteiger partial charge in [-0.2, -0.15) is 5.10 Å². The number of hydrogen-bond acceptors (Lipinski definition) is 4. The Morgan fingerprint density at radius 1 is 1.44 bits per heavy atom. The van der Waals surface area contributed by atoms with E-state index in [9.17, 15) is 4.79 Å². The molecule has 16 heavy (non-hydrogen) atoms. The van der Waals surface area contributed by atoms with Crippen LogP contribution in [0.5, 0.6) is 5.75 Å². The highest BCUT2D eigenvalue weighted by molar-refractivity contribution is 5.98. The van der Waals surface area contributed by atoms with E-state index in [0.29, 0.717) is 16.8 Å². The van der Waals surface area contributed by atoms with E-state index in [1.54, 1.807) is 11.6 Å². The van der Waals surface area contributed by atoms with Gasteiger partial charge in [-0.1, -0.05) is 0 Å². The normalized spacial score (nSPS) is 10.4. The van der Waals surface area contributed by atoms with E-state index in [0.717, 1.165) is 5.56 Å². The van der Waals surface area contributed by atoms with Crippen molar-refractivity contribution in [3.8, 4) is 5.75 Å². The number of carbonyl (C=O) groups excluding carboxylic acids is 1. The Labute approximate surface area is 92.6 Å². The van der Waals surface area contributed by atoms with Crippen molar-refractivity contribution in [2.45, 2.75) is 6.92 Å². The average molecular weight is 220 g/mol. The monoisotopic (exact) mass is 220 g/mol. The molecule has 5 heteroatoms. The van der Waals surface area contributed by atoms with Crippen LogP contribution in [-0.4, -0.2) is 29.8 Å². The van der Waals surface area contributed by atoms with Crippen molar-refractivity contribution in [3.63, 3.8) is 0 Å². The van der Waals surface area contributed by atoms with E-state index >= 15 is 0 Å². The van der Waals surface area contributed by atoms with Gasteiger partial charge in [0.15, 0.2) is 0 Å². The molecule has 84 valence electrons. The predicted molar refractivity (Wildman–Crippen MR) is 57.8 cm³/mol. The number of rotatable bonds is 2. The van der Waals surface area contributed by atoms with E-state index in [1.807, 2.05) is 19.2 Å². The molecule has 2 aromatic rings. The van der Waals surface area contributed by atoms with Crippen LogP contribution in [0, 0.1) is 6.92 Å². The van der Waals surface area contributed by atoms with E-state index < -0.39 is 5.97 Å². The molecule has 0 amide bonds. The zero-order chi connectivity index (χ0) is 11.7. The Bertz CT molecular complexity index is 545. The molecule has 0 saturated carbocycles. The van der Waals surface area contributed by atoms with Crippen LogP contribution in [-0.2, 0) is 4.74 Å². The lowest BCUT2D eigenvalue weighted by Crippen LogP contribution is -2.02. The van der Waals surface area contributed by atoms with Gasteiger partial charge in [-0.15, -0.1) is 0 Å². The summed E-state index contributed by atoms with van der Waals surface area (Å²) in [5.74, 6) is 0.190. The van der Waals surface area contributed by atoms with Crippen LogP contribution in [0.1, 0.15) is 15.9 Å². The molecule has 0 aromatic carbocycles. The molecule has 0 aliphatic heterocycles. The van der Waals surface area contributed by atoms with E-state index in [2.05, 4.69) is 9.84 Å². The Morgan fingerprint density at radius 3 is 2.81 bits per heavy atom. The lowest BCUT2D eigenvalue weighted by atomic mass is 10.2. The molecular weight excluding hydrogens is 208 g/mol. The van der Waals surface area contributed by atoms with Gasteiger partial charge in [0.1, 0.15) is 16.8 Å². The summed E-state index contributed by atoms with van der Waals surface area (Å²) in [5, 5.41) is 4.09. The summed E-state index contributed by atoms with van der Waals surface area (Å²) in [6, 6.07) is 1.85. The lowest BCUT2D eigenvalue weighted by molar-refractivity contribution is 0.0602. The highest BCUT2D eigenvalue weighted by atomic mass is 16.5. The van der Waals surface area contributed by atoms with Crippen LogP contribution in [0.4, 0.5) is 0 Å². The Kier molecular flexibility index (Phi) is 2.52. The zero-order valence-corrected chi connectivity index (χ0v) is 9.35. The maximum Gasteiger partial charge on any atom is 0.341 e. The van der Waals surface area contributed by atoms with Crippen molar-refractivity contribution in [2.75, 3.05) is 14.2 Å². The number of carbonyl (C=O) groups is 1. The molecule has 0 aliphatic rings. The minimum Gasteiger partial charge on any atom is -0.494 e. The molecule has 0 unspecified atom stereocenters. The van der Waals surface area contributed by atoms with Crippen LogP contribution >= 0.6 is 0 Å². The van der Waals surface area contributed by atoms with E-state index in [4.69, 9.17) is 4.74 Å². The second-order valence-corrected chi connectivity index (χ2v) is 3.43. The maximum absolute atomic E-state index is 11.5. The summed E-state index contributed by atoms with van der Waals surface area (Å²) in [7, 11) is 2.90. The van der Waals surface area contributed by atoms with Gasteiger partial charge >= 0.3 is 5.97 Å². The van der Waals surface area contributed by atoms with Gasteiger partial charge in [0.2, 0.25) is 0 Å².